The van der Waals surface area contributed by atoms with Crippen molar-refractivity contribution in [3.8, 4) is 0 Å². The van der Waals surface area contributed by atoms with E-state index in [-0.39, 0.29) is 11.6 Å². The van der Waals surface area contributed by atoms with Crippen molar-refractivity contribution in [2.45, 2.75) is 50.6 Å². The first-order valence-corrected chi connectivity index (χ1v) is 7.41. The molecule has 0 saturated heterocycles. The highest BCUT2D eigenvalue weighted by atomic mass is 16.5. The Hall–Kier alpha value is -1.55. The van der Waals surface area contributed by atoms with E-state index in [1.54, 1.807) is 0 Å². The van der Waals surface area contributed by atoms with Crippen LogP contribution in [-0.4, -0.2) is 18.2 Å². The Balaban J connectivity index is 1.71. The van der Waals surface area contributed by atoms with Crippen LogP contribution in [0.1, 0.15) is 44.1 Å². The van der Waals surface area contributed by atoms with Crippen LogP contribution in [0.4, 0.5) is 4.79 Å². The van der Waals surface area contributed by atoms with Crippen LogP contribution in [0.15, 0.2) is 30.3 Å². The Morgan fingerprint density at radius 2 is 1.80 bits per heavy atom. The Bertz CT molecular complexity index is 412. The molecule has 0 bridgehead atoms. The maximum Gasteiger partial charge on any atom is 0.407 e. The lowest BCUT2D eigenvalue weighted by Crippen LogP contribution is -2.45. The third-order valence-electron chi connectivity index (χ3n) is 3.87. The highest BCUT2D eigenvalue weighted by Crippen LogP contribution is 2.25. The lowest BCUT2D eigenvalue weighted by Gasteiger charge is -2.27. The van der Waals surface area contributed by atoms with Crippen LogP contribution in [-0.2, 0) is 11.3 Å². The summed E-state index contributed by atoms with van der Waals surface area (Å²) in [6.45, 7) is 0.796. The van der Waals surface area contributed by atoms with E-state index in [9.17, 15) is 4.79 Å². The van der Waals surface area contributed by atoms with Crippen molar-refractivity contribution >= 4 is 6.09 Å². The predicted molar refractivity (Wildman–Crippen MR) is 79.3 cm³/mol. The molecule has 0 aliphatic heterocycles. The first kappa shape index (κ1) is 14.9. The van der Waals surface area contributed by atoms with Gasteiger partial charge in [0.15, 0.2) is 0 Å². The molecule has 0 radical (unpaired) electrons. The molecule has 1 saturated carbocycles. The average Bonchev–Trinajstić information content (AvgIpc) is 2.69. The number of benzene rings is 1. The first-order chi connectivity index (χ1) is 9.68. The molecule has 1 aromatic carbocycles. The molecule has 0 unspecified atom stereocenters. The van der Waals surface area contributed by atoms with Crippen LogP contribution in [0, 0.1) is 0 Å². The summed E-state index contributed by atoms with van der Waals surface area (Å²) in [6.07, 6.45) is 6.23. The second-order valence-corrected chi connectivity index (χ2v) is 5.69. The molecule has 20 heavy (non-hydrogen) atoms. The zero-order valence-electron chi connectivity index (χ0n) is 11.9. The summed E-state index contributed by atoms with van der Waals surface area (Å²) in [7, 11) is 0. The Morgan fingerprint density at radius 1 is 1.15 bits per heavy atom. The quantitative estimate of drug-likeness (QED) is 0.831. The molecule has 3 N–H and O–H groups in total. The molecule has 1 aromatic rings. The number of amides is 1. The van der Waals surface area contributed by atoms with Gasteiger partial charge in [0, 0.05) is 6.54 Å². The van der Waals surface area contributed by atoms with E-state index in [1.165, 1.54) is 12.8 Å². The molecule has 1 fully saturated rings. The third kappa shape index (κ3) is 4.85. The van der Waals surface area contributed by atoms with Gasteiger partial charge in [-0.05, 0) is 18.4 Å². The van der Waals surface area contributed by atoms with Crippen LogP contribution in [0.25, 0.3) is 0 Å². The van der Waals surface area contributed by atoms with Gasteiger partial charge in [-0.1, -0.05) is 56.0 Å². The van der Waals surface area contributed by atoms with Crippen molar-refractivity contribution in [1.82, 2.24) is 5.32 Å². The minimum atomic E-state index is -0.386. The van der Waals surface area contributed by atoms with Crippen molar-refractivity contribution in [2.24, 2.45) is 5.73 Å². The number of ether oxygens (including phenoxy) is 1. The van der Waals surface area contributed by atoms with E-state index >= 15 is 0 Å². The topological polar surface area (TPSA) is 64.3 Å². The predicted octanol–water partition coefficient (Wildman–Crippen LogP) is 2.96. The van der Waals surface area contributed by atoms with Crippen molar-refractivity contribution in [1.29, 1.82) is 0 Å². The number of nitrogens with two attached hydrogens (primary N) is 1. The summed E-state index contributed by atoms with van der Waals surface area (Å²) in [4.78, 5) is 11.7. The molecular formula is C16H24N2O2. The van der Waals surface area contributed by atoms with Gasteiger partial charge in [-0.25, -0.2) is 4.79 Å². The lowest BCUT2D eigenvalue weighted by molar-refractivity contribution is 0.110. The molecular weight excluding hydrogens is 252 g/mol. The second kappa shape index (κ2) is 7.29. The molecule has 0 spiro atoms. The molecule has 1 amide bonds. The minimum absolute atomic E-state index is 0.313. The van der Waals surface area contributed by atoms with E-state index in [1.807, 2.05) is 30.3 Å². The van der Waals surface area contributed by atoms with E-state index in [0.717, 1.165) is 31.2 Å². The van der Waals surface area contributed by atoms with Crippen molar-refractivity contribution in [2.75, 3.05) is 6.61 Å². The van der Waals surface area contributed by atoms with Gasteiger partial charge in [0.1, 0.15) is 6.61 Å². The second-order valence-electron chi connectivity index (χ2n) is 5.69. The SMILES string of the molecule is NC1(COC(=O)NCc2ccccc2)CCCCCC1. The Kier molecular flexibility index (Phi) is 5.41. The number of alkyl carbamates (subject to hydrolysis) is 1. The first-order valence-electron chi connectivity index (χ1n) is 7.41. The summed E-state index contributed by atoms with van der Waals surface area (Å²) in [5.41, 5.74) is 7.03. The van der Waals surface area contributed by atoms with Crippen LogP contribution >= 0.6 is 0 Å². The summed E-state index contributed by atoms with van der Waals surface area (Å²) in [6, 6.07) is 9.78. The Labute approximate surface area is 120 Å². The largest absolute Gasteiger partial charge is 0.448 e. The van der Waals surface area contributed by atoms with Gasteiger partial charge in [0.05, 0.1) is 5.54 Å². The maximum absolute atomic E-state index is 11.7. The van der Waals surface area contributed by atoms with Gasteiger partial charge in [-0.3, -0.25) is 0 Å². The van der Waals surface area contributed by atoms with Crippen molar-refractivity contribution < 1.29 is 9.53 Å². The third-order valence-corrected chi connectivity index (χ3v) is 3.87. The lowest BCUT2D eigenvalue weighted by atomic mass is 9.93. The fourth-order valence-electron chi connectivity index (χ4n) is 2.61. The fraction of sp³-hybridized carbons (Fsp3) is 0.562. The number of nitrogens with one attached hydrogen (secondary N) is 1. The van der Waals surface area contributed by atoms with Crippen LogP contribution in [0.3, 0.4) is 0 Å². The molecule has 0 heterocycles. The fourth-order valence-corrected chi connectivity index (χ4v) is 2.61. The van der Waals surface area contributed by atoms with Gasteiger partial charge in [-0.15, -0.1) is 0 Å². The zero-order valence-corrected chi connectivity index (χ0v) is 11.9. The normalized spacial score (nSPS) is 18.1. The van der Waals surface area contributed by atoms with Crippen LogP contribution in [0.5, 0.6) is 0 Å². The molecule has 4 heteroatoms. The van der Waals surface area contributed by atoms with Gasteiger partial charge < -0.3 is 15.8 Å². The average molecular weight is 276 g/mol. The number of carbonyl (C=O) groups is 1. The van der Waals surface area contributed by atoms with E-state index < -0.39 is 0 Å². The number of hydrogen-bond acceptors (Lipinski definition) is 3. The van der Waals surface area contributed by atoms with Crippen LogP contribution < -0.4 is 11.1 Å². The summed E-state index contributed by atoms with van der Waals surface area (Å²) in [5, 5.41) is 2.75. The molecule has 2 rings (SSSR count). The van der Waals surface area contributed by atoms with E-state index in [2.05, 4.69) is 5.32 Å². The van der Waals surface area contributed by atoms with E-state index in [0.29, 0.717) is 13.2 Å². The number of rotatable bonds is 4. The summed E-state index contributed by atoms with van der Waals surface area (Å²) < 4.78 is 5.29. The van der Waals surface area contributed by atoms with E-state index in [4.69, 9.17) is 10.5 Å². The number of hydrogen-bond donors (Lipinski definition) is 2. The van der Waals surface area contributed by atoms with Gasteiger partial charge in [0.2, 0.25) is 0 Å². The maximum atomic E-state index is 11.7. The summed E-state index contributed by atoms with van der Waals surface area (Å²) >= 11 is 0. The van der Waals surface area contributed by atoms with Gasteiger partial charge in [0.25, 0.3) is 0 Å². The van der Waals surface area contributed by atoms with Crippen molar-refractivity contribution in [3.05, 3.63) is 35.9 Å². The standard InChI is InChI=1S/C16H24N2O2/c17-16(10-6-1-2-7-11-16)13-20-15(19)18-12-14-8-4-3-5-9-14/h3-5,8-9H,1-2,6-7,10-13,17H2,(H,18,19). The highest BCUT2D eigenvalue weighted by molar-refractivity contribution is 5.67. The molecule has 0 atom stereocenters. The minimum Gasteiger partial charge on any atom is -0.448 e. The van der Waals surface area contributed by atoms with Crippen LogP contribution in [0.2, 0.25) is 0 Å². The molecule has 110 valence electrons. The summed E-state index contributed by atoms with van der Waals surface area (Å²) in [5.74, 6) is 0. The molecule has 0 aromatic heterocycles. The number of carbonyl (C=O) groups excluding carboxylic acids is 1. The smallest absolute Gasteiger partial charge is 0.407 e. The highest BCUT2D eigenvalue weighted by Gasteiger charge is 2.27. The van der Waals surface area contributed by atoms with Gasteiger partial charge >= 0.3 is 6.09 Å². The Morgan fingerprint density at radius 3 is 2.45 bits per heavy atom. The molecule has 1 aliphatic rings. The zero-order chi connectivity index (χ0) is 14.3. The van der Waals surface area contributed by atoms with Crippen molar-refractivity contribution in [3.63, 3.8) is 0 Å². The molecule has 4 nitrogen and oxygen atoms in total. The molecule has 1 aliphatic carbocycles. The monoisotopic (exact) mass is 276 g/mol. The van der Waals surface area contributed by atoms with Gasteiger partial charge in [-0.2, -0.15) is 0 Å².